The molecule has 2 aromatic carbocycles. The number of amides is 1. The first-order valence-electron chi connectivity index (χ1n) is 8.77. The molecule has 1 saturated heterocycles. The monoisotopic (exact) mass is 392 g/mol. The maximum absolute atomic E-state index is 13.1. The Morgan fingerprint density at radius 1 is 1.04 bits per heavy atom. The first kappa shape index (κ1) is 19.0. The third-order valence-corrected chi connectivity index (χ3v) is 5.12. The summed E-state index contributed by atoms with van der Waals surface area (Å²) < 4.78 is 6.02. The second-order valence-electron chi connectivity index (χ2n) is 6.56. The molecule has 26 heavy (non-hydrogen) atoms. The van der Waals surface area contributed by atoms with E-state index in [2.05, 4.69) is 4.90 Å². The lowest BCUT2D eigenvalue weighted by molar-refractivity contribution is -0.126. The summed E-state index contributed by atoms with van der Waals surface area (Å²) in [6.07, 6.45) is 1.88. The van der Waals surface area contributed by atoms with Crippen LogP contribution in [0.2, 0.25) is 5.02 Å². The number of carbonyl (C=O) groups excluding carboxylic acids is 1. The molecule has 138 valence electrons. The number of likely N-dealkylation sites (tertiary alicyclic amines) is 1. The van der Waals surface area contributed by atoms with Gasteiger partial charge in [-0.1, -0.05) is 41.9 Å². The summed E-state index contributed by atoms with van der Waals surface area (Å²) in [5.74, 6) is 0.680. The Morgan fingerprint density at radius 3 is 2.50 bits per heavy atom. The maximum atomic E-state index is 13.1. The molecule has 0 N–H and O–H groups in total. The second-order valence-corrected chi connectivity index (χ2v) is 7.00. The van der Waals surface area contributed by atoms with Crippen molar-refractivity contribution >= 4 is 35.6 Å². The van der Waals surface area contributed by atoms with Crippen molar-refractivity contribution in [1.82, 2.24) is 4.90 Å². The van der Waals surface area contributed by atoms with Crippen molar-refractivity contribution in [1.29, 1.82) is 0 Å². The van der Waals surface area contributed by atoms with Crippen LogP contribution < -0.4 is 9.64 Å². The molecule has 2 aliphatic heterocycles. The molecule has 1 amide bonds. The number of rotatable bonds is 4. The molecule has 0 radical (unpaired) electrons. The number of nitrogens with zero attached hydrogens (tertiary/aromatic N) is 2. The van der Waals surface area contributed by atoms with Crippen molar-refractivity contribution in [3.63, 3.8) is 0 Å². The zero-order valence-corrected chi connectivity index (χ0v) is 16.0. The highest BCUT2D eigenvalue weighted by Gasteiger charge is 2.35. The van der Waals surface area contributed by atoms with Crippen LogP contribution in [0.4, 0.5) is 5.69 Å². The van der Waals surface area contributed by atoms with E-state index in [-0.39, 0.29) is 18.3 Å². The van der Waals surface area contributed by atoms with Gasteiger partial charge in [0.05, 0.1) is 5.69 Å². The second kappa shape index (κ2) is 8.30. The van der Waals surface area contributed by atoms with Gasteiger partial charge < -0.3 is 14.5 Å². The van der Waals surface area contributed by atoms with Gasteiger partial charge in [-0.3, -0.25) is 4.79 Å². The zero-order chi connectivity index (χ0) is 17.2. The summed E-state index contributed by atoms with van der Waals surface area (Å²) in [5.41, 5.74) is 1.64. The van der Waals surface area contributed by atoms with E-state index in [1.807, 2.05) is 47.4 Å². The molecule has 2 heterocycles. The van der Waals surface area contributed by atoms with Gasteiger partial charge in [-0.05, 0) is 44.1 Å². The molecule has 1 unspecified atom stereocenters. The van der Waals surface area contributed by atoms with E-state index < -0.39 is 6.10 Å². The van der Waals surface area contributed by atoms with Crippen molar-refractivity contribution in [2.24, 2.45) is 0 Å². The number of carbonyl (C=O) groups is 1. The Labute approximate surface area is 165 Å². The summed E-state index contributed by atoms with van der Waals surface area (Å²) in [7, 11) is 0. The van der Waals surface area contributed by atoms with Crippen molar-refractivity contribution in [2.75, 3.05) is 31.1 Å². The fraction of sp³-hybridized carbons (Fsp3) is 0.350. The summed E-state index contributed by atoms with van der Waals surface area (Å²) in [4.78, 5) is 17.4. The van der Waals surface area contributed by atoms with Crippen LogP contribution in [0.3, 0.4) is 0 Å². The largest absolute Gasteiger partial charge is 0.474 e. The van der Waals surface area contributed by atoms with E-state index in [1.54, 1.807) is 6.07 Å². The summed E-state index contributed by atoms with van der Waals surface area (Å²) in [5, 5.41) is 0.611. The predicted molar refractivity (Wildman–Crippen MR) is 107 cm³/mol. The Balaban J connectivity index is 0.00000196. The van der Waals surface area contributed by atoms with E-state index in [0.29, 0.717) is 17.3 Å². The highest BCUT2D eigenvalue weighted by Crippen LogP contribution is 2.40. The third kappa shape index (κ3) is 3.83. The van der Waals surface area contributed by atoms with Crippen LogP contribution in [0, 0.1) is 0 Å². The Bertz CT molecular complexity index is 764. The smallest absolute Gasteiger partial charge is 0.272 e. The molecule has 0 aliphatic carbocycles. The number of fused-ring (bicyclic) bond motifs is 1. The number of hydrogen-bond acceptors (Lipinski definition) is 3. The molecule has 1 atom stereocenters. The van der Waals surface area contributed by atoms with Gasteiger partial charge in [0, 0.05) is 23.7 Å². The van der Waals surface area contributed by atoms with Crippen LogP contribution in [0.1, 0.15) is 24.5 Å². The zero-order valence-electron chi connectivity index (χ0n) is 14.4. The topological polar surface area (TPSA) is 32.8 Å². The van der Waals surface area contributed by atoms with Crippen LogP contribution in [0.25, 0.3) is 0 Å². The van der Waals surface area contributed by atoms with Gasteiger partial charge >= 0.3 is 0 Å². The van der Waals surface area contributed by atoms with Gasteiger partial charge in [0.2, 0.25) is 6.10 Å². The van der Waals surface area contributed by atoms with Crippen LogP contribution in [0.5, 0.6) is 5.75 Å². The van der Waals surface area contributed by atoms with Crippen molar-refractivity contribution in [3.05, 3.63) is 59.1 Å². The third-order valence-electron chi connectivity index (χ3n) is 4.89. The summed E-state index contributed by atoms with van der Waals surface area (Å²) in [6, 6.07) is 15.1. The lowest BCUT2D eigenvalue weighted by Gasteiger charge is -2.35. The molecular weight excluding hydrogens is 371 g/mol. The van der Waals surface area contributed by atoms with Gasteiger partial charge in [-0.15, -0.1) is 12.4 Å². The van der Waals surface area contributed by atoms with Crippen molar-refractivity contribution in [2.45, 2.75) is 18.9 Å². The van der Waals surface area contributed by atoms with Gasteiger partial charge in [0.25, 0.3) is 5.91 Å². The lowest BCUT2D eigenvalue weighted by atomic mass is 10.1. The summed E-state index contributed by atoms with van der Waals surface area (Å²) in [6.45, 7) is 3.75. The molecular formula is C20H22Cl2N2O2. The number of anilines is 1. The average Bonchev–Trinajstić information content (AvgIpc) is 3.15. The van der Waals surface area contributed by atoms with E-state index in [9.17, 15) is 4.79 Å². The molecule has 1 fully saturated rings. The highest BCUT2D eigenvalue weighted by atomic mass is 35.5. The molecule has 2 aromatic rings. The van der Waals surface area contributed by atoms with Gasteiger partial charge in [-0.25, -0.2) is 0 Å². The van der Waals surface area contributed by atoms with Crippen LogP contribution in [-0.2, 0) is 4.79 Å². The highest BCUT2D eigenvalue weighted by molar-refractivity contribution is 6.31. The quantitative estimate of drug-likeness (QED) is 0.776. The minimum Gasteiger partial charge on any atom is -0.474 e. The average molecular weight is 393 g/mol. The van der Waals surface area contributed by atoms with Gasteiger partial charge in [0.15, 0.2) is 0 Å². The molecule has 4 rings (SSSR count). The van der Waals surface area contributed by atoms with Crippen molar-refractivity contribution < 1.29 is 9.53 Å². The molecule has 0 saturated carbocycles. The summed E-state index contributed by atoms with van der Waals surface area (Å²) >= 11 is 6.17. The van der Waals surface area contributed by atoms with Gasteiger partial charge in [-0.2, -0.15) is 0 Å². The van der Waals surface area contributed by atoms with Crippen LogP contribution in [-0.4, -0.2) is 37.0 Å². The predicted octanol–water partition coefficient (Wildman–Crippen LogP) is 4.32. The SMILES string of the molecule is Cl.O=C1C(c2ccccc2)Oc2ccc(Cl)cc2N1CCN1CCCC1. The molecule has 4 nitrogen and oxygen atoms in total. The normalized spacial score (nSPS) is 19.7. The molecule has 2 aliphatic rings. The standard InChI is InChI=1S/C20H21ClN2O2.ClH/c21-16-8-9-18-17(14-16)23(13-12-22-10-4-5-11-22)20(24)19(25-18)15-6-2-1-3-7-15;/h1-3,6-9,14,19H,4-5,10-13H2;1H. The molecule has 6 heteroatoms. The Hall–Kier alpha value is -1.75. The number of benzene rings is 2. The van der Waals surface area contributed by atoms with E-state index >= 15 is 0 Å². The number of ether oxygens (including phenoxy) is 1. The fourth-order valence-electron chi connectivity index (χ4n) is 3.56. The Kier molecular flexibility index (Phi) is 6.07. The van der Waals surface area contributed by atoms with Crippen LogP contribution in [0.15, 0.2) is 48.5 Å². The lowest BCUT2D eigenvalue weighted by Crippen LogP contribution is -2.44. The first-order chi connectivity index (χ1) is 12.2. The van der Waals surface area contributed by atoms with E-state index in [1.165, 1.54) is 12.8 Å². The first-order valence-corrected chi connectivity index (χ1v) is 9.15. The number of hydrogen-bond donors (Lipinski definition) is 0. The molecule has 0 bridgehead atoms. The van der Waals surface area contributed by atoms with Gasteiger partial charge in [0.1, 0.15) is 5.75 Å². The maximum Gasteiger partial charge on any atom is 0.272 e. The van der Waals surface area contributed by atoms with Crippen molar-refractivity contribution in [3.8, 4) is 5.75 Å². The Morgan fingerprint density at radius 2 is 1.77 bits per heavy atom. The number of halogens is 2. The molecule has 0 aromatic heterocycles. The minimum atomic E-state index is -0.603. The molecule has 0 spiro atoms. The van der Waals surface area contributed by atoms with Crippen LogP contribution >= 0.6 is 24.0 Å². The minimum absolute atomic E-state index is 0. The van der Waals surface area contributed by atoms with E-state index in [4.69, 9.17) is 16.3 Å². The fourth-order valence-corrected chi connectivity index (χ4v) is 3.72. The van der Waals surface area contributed by atoms with E-state index in [0.717, 1.165) is 30.9 Å².